The third-order valence-corrected chi connectivity index (χ3v) is 5.16. The van der Waals surface area contributed by atoms with E-state index in [-0.39, 0.29) is 11.2 Å². The van der Waals surface area contributed by atoms with Crippen molar-refractivity contribution in [2.24, 2.45) is 0 Å². The predicted octanol–water partition coefficient (Wildman–Crippen LogP) is 4.18. The number of ether oxygens (including phenoxy) is 1. The highest BCUT2D eigenvalue weighted by atomic mass is 32.2. The number of thioether (sulfide) groups is 1. The number of hydrogen-bond acceptors (Lipinski definition) is 3. The van der Waals surface area contributed by atoms with E-state index in [9.17, 15) is 5.11 Å². The summed E-state index contributed by atoms with van der Waals surface area (Å²) < 4.78 is 6.13. The quantitative estimate of drug-likeness (QED) is 0.900. The molecule has 2 unspecified atom stereocenters. The molecule has 0 aliphatic carbocycles. The first-order valence-electron chi connectivity index (χ1n) is 6.84. The van der Waals surface area contributed by atoms with Gasteiger partial charge in [-0.05, 0) is 58.7 Å². The Morgan fingerprint density at radius 1 is 1.32 bits per heavy atom. The third-order valence-electron chi connectivity index (χ3n) is 3.61. The van der Waals surface area contributed by atoms with Gasteiger partial charge in [0.25, 0.3) is 0 Å². The maximum absolute atomic E-state index is 9.66. The highest BCUT2D eigenvalue weighted by Gasteiger charge is 2.46. The first kappa shape index (κ1) is 14.9. The number of rotatable bonds is 3. The van der Waals surface area contributed by atoms with E-state index in [0.29, 0.717) is 5.25 Å². The fourth-order valence-corrected chi connectivity index (χ4v) is 4.21. The van der Waals surface area contributed by atoms with Crippen LogP contribution in [0.5, 0.6) is 0 Å². The van der Waals surface area contributed by atoms with E-state index in [1.807, 2.05) is 23.9 Å². The van der Waals surface area contributed by atoms with Crippen molar-refractivity contribution in [2.75, 3.05) is 0 Å². The maximum Gasteiger partial charge on any atom is 0.0762 e. The minimum Gasteiger partial charge on any atom is -0.389 e. The fourth-order valence-electron chi connectivity index (χ4n) is 2.71. The molecule has 0 bridgehead atoms. The predicted molar refractivity (Wildman–Crippen MR) is 80.6 cm³/mol. The second-order valence-corrected chi connectivity index (χ2v) is 7.80. The highest BCUT2D eigenvalue weighted by molar-refractivity contribution is 8.00. The summed E-state index contributed by atoms with van der Waals surface area (Å²) in [7, 11) is 0. The van der Waals surface area contributed by atoms with E-state index >= 15 is 0 Å². The van der Waals surface area contributed by atoms with Crippen LogP contribution in [0.4, 0.5) is 0 Å². The normalized spacial score (nSPS) is 26.3. The average molecular weight is 280 g/mol. The van der Waals surface area contributed by atoms with Crippen molar-refractivity contribution < 1.29 is 9.84 Å². The Morgan fingerprint density at radius 2 is 2.00 bits per heavy atom. The van der Waals surface area contributed by atoms with Crippen LogP contribution in [0, 0.1) is 0 Å². The summed E-state index contributed by atoms with van der Waals surface area (Å²) in [5, 5.41) is 10.1. The molecule has 106 valence electrons. The fraction of sp³-hybridized carbons (Fsp3) is 0.625. The van der Waals surface area contributed by atoms with Crippen LogP contribution in [0.2, 0.25) is 0 Å². The van der Waals surface area contributed by atoms with Gasteiger partial charge in [-0.25, -0.2) is 0 Å². The molecule has 1 N–H and O–H groups in total. The molecule has 1 aromatic carbocycles. The van der Waals surface area contributed by atoms with E-state index in [1.165, 1.54) is 4.90 Å². The molecular weight excluding hydrogens is 256 g/mol. The molecule has 19 heavy (non-hydrogen) atoms. The molecule has 1 aromatic rings. The molecule has 3 heteroatoms. The van der Waals surface area contributed by atoms with Gasteiger partial charge in [-0.2, -0.15) is 0 Å². The van der Waals surface area contributed by atoms with Crippen molar-refractivity contribution in [3.05, 3.63) is 29.8 Å². The van der Waals surface area contributed by atoms with E-state index in [0.717, 1.165) is 12.0 Å². The summed E-state index contributed by atoms with van der Waals surface area (Å²) in [4.78, 5) is 1.21. The zero-order valence-corrected chi connectivity index (χ0v) is 13.3. The smallest absolute Gasteiger partial charge is 0.0762 e. The molecule has 2 nitrogen and oxygen atoms in total. The molecule has 0 spiro atoms. The van der Waals surface area contributed by atoms with Gasteiger partial charge in [-0.3, -0.25) is 0 Å². The molecule has 1 heterocycles. The minimum atomic E-state index is -0.412. The van der Waals surface area contributed by atoms with E-state index < -0.39 is 6.10 Å². The van der Waals surface area contributed by atoms with Crippen molar-refractivity contribution >= 4 is 11.8 Å². The first-order chi connectivity index (χ1) is 8.70. The van der Waals surface area contributed by atoms with Crippen LogP contribution in [0.3, 0.4) is 0 Å². The number of benzene rings is 1. The number of aliphatic hydroxyl groups is 1. The lowest BCUT2D eigenvalue weighted by Gasteiger charge is -2.27. The Kier molecular flexibility index (Phi) is 4.01. The van der Waals surface area contributed by atoms with E-state index in [1.54, 1.807) is 6.92 Å². The third kappa shape index (κ3) is 3.53. The minimum absolute atomic E-state index is 0.0525. The van der Waals surface area contributed by atoms with Gasteiger partial charge in [0.1, 0.15) is 0 Å². The Hall–Kier alpha value is -0.510. The van der Waals surface area contributed by atoms with Gasteiger partial charge in [-0.1, -0.05) is 12.1 Å². The van der Waals surface area contributed by atoms with Crippen molar-refractivity contribution in [3.63, 3.8) is 0 Å². The number of aliphatic hydroxyl groups excluding tert-OH is 1. The Bertz CT molecular complexity index is 452. The van der Waals surface area contributed by atoms with Gasteiger partial charge in [-0.15, -0.1) is 11.8 Å². The lowest BCUT2D eigenvalue weighted by molar-refractivity contribution is -0.0631. The van der Waals surface area contributed by atoms with Crippen molar-refractivity contribution in [1.29, 1.82) is 0 Å². The summed E-state index contributed by atoms with van der Waals surface area (Å²) in [5.41, 5.74) is 0.805. The zero-order chi connectivity index (χ0) is 14.3. The molecule has 1 saturated heterocycles. The highest BCUT2D eigenvalue weighted by Crippen LogP contribution is 2.46. The Morgan fingerprint density at radius 3 is 2.53 bits per heavy atom. The van der Waals surface area contributed by atoms with Gasteiger partial charge in [0.15, 0.2) is 0 Å². The second-order valence-electron chi connectivity index (χ2n) is 6.52. The molecule has 0 amide bonds. The van der Waals surface area contributed by atoms with Crippen molar-refractivity contribution in [3.8, 4) is 0 Å². The lowest BCUT2D eigenvalue weighted by Crippen LogP contribution is -2.30. The van der Waals surface area contributed by atoms with Crippen LogP contribution in [0.15, 0.2) is 29.2 Å². The van der Waals surface area contributed by atoms with Crippen LogP contribution in [0.1, 0.15) is 52.7 Å². The summed E-state index contributed by atoms with van der Waals surface area (Å²) in [6.07, 6.45) is 0.633. The molecular formula is C16H24O2S. The molecule has 1 aliphatic rings. The van der Waals surface area contributed by atoms with Gasteiger partial charge >= 0.3 is 0 Å². The second kappa shape index (κ2) is 5.12. The van der Waals surface area contributed by atoms with Crippen LogP contribution in [0.25, 0.3) is 0 Å². The summed E-state index contributed by atoms with van der Waals surface area (Å²) in [5.74, 6) is 0. The summed E-state index contributed by atoms with van der Waals surface area (Å²) in [6, 6.07) is 8.17. The molecule has 0 saturated carbocycles. The van der Waals surface area contributed by atoms with E-state index in [4.69, 9.17) is 4.74 Å². The summed E-state index contributed by atoms with van der Waals surface area (Å²) >= 11 is 1.86. The first-order valence-corrected chi connectivity index (χ1v) is 7.72. The standard InChI is InChI=1S/C16H24O2S/c1-11(17)12-7-6-8-13(9-12)19-14-10-15(2,3)18-16(14,4)5/h6-9,11,14,17H,10H2,1-5H3. The summed E-state index contributed by atoms with van der Waals surface area (Å²) in [6.45, 7) is 10.4. The van der Waals surface area contributed by atoms with Crippen LogP contribution in [-0.2, 0) is 4.74 Å². The zero-order valence-electron chi connectivity index (χ0n) is 12.4. The lowest BCUT2D eigenvalue weighted by atomic mass is 10.0. The van der Waals surface area contributed by atoms with Crippen LogP contribution >= 0.6 is 11.8 Å². The van der Waals surface area contributed by atoms with Crippen LogP contribution in [-0.4, -0.2) is 21.6 Å². The van der Waals surface area contributed by atoms with Gasteiger partial charge in [0.05, 0.1) is 17.3 Å². The Labute approximate surface area is 120 Å². The molecule has 1 fully saturated rings. The maximum atomic E-state index is 9.66. The van der Waals surface area contributed by atoms with Crippen LogP contribution < -0.4 is 0 Å². The van der Waals surface area contributed by atoms with Gasteiger partial charge in [0, 0.05) is 10.1 Å². The molecule has 1 aliphatic heterocycles. The topological polar surface area (TPSA) is 29.5 Å². The largest absolute Gasteiger partial charge is 0.389 e. The van der Waals surface area contributed by atoms with E-state index in [2.05, 4.69) is 39.8 Å². The monoisotopic (exact) mass is 280 g/mol. The number of hydrogen-bond donors (Lipinski definition) is 1. The van der Waals surface area contributed by atoms with Crippen molar-refractivity contribution in [2.45, 2.75) is 68.5 Å². The average Bonchev–Trinajstić information content (AvgIpc) is 2.47. The van der Waals surface area contributed by atoms with Gasteiger partial charge in [0.2, 0.25) is 0 Å². The molecule has 2 atom stereocenters. The van der Waals surface area contributed by atoms with Crippen molar-refractivity contribution in [1.82, 2.24) is 0 Å². The Balaban J connectivity index is 2.15. The molecule has 0 aromatic heterocycles. The molecule has 2 rings (SSSR count). The SMILES string of the molecule is CC(O)c1cccc(SC2CC(C)(C)OC2(C)C)c1. The molecule has 0 radical (unpaired) electrons. The van der Waals surface area contributed by atoms with Gasteiger partial charge < -0.3 is 9.84 Å².